The SMILES string of the molecule is CC(=O)N[C@@H]1C(=O)N=C(SCC(=O)N[C@@H](C)c2ccccc2)N(c2ccccc2)C1=O. The molecular formula is C22H22N4O4S. The molecule has 0 saturated carbocycles. The van der Waals surface area contributed by atoms with Gasteiger partial charge in [-0.3, -0.25) is 24.1 Å². The maximum absolute atomic E-state index is 13.0. The Labute approximate surface area is 184 Å². The molecule has 31 heavy (non-hydrogen) atoms. The molecule has 0 aromatic heterocycles. The van der Waals surface area contributed by atoms with E-state index < -0.39 is 23.8 Å². The highest BCUT2D eigenvalue weighted by Gasteiger charge is 2.39. The fourth-order valence-corrected chi connectivity index (χ4v) is 3.84. The van der Waals surface area contributed by atoms with Crippen LogP contribution in [0.25, 0.3) is 0 Å². The second-order valence-electron chi connectivity index (χ2n) is 6.86. The molecule has 1 heterocycles. The van der Waals surface area contributed by atoms with E-state index in [0.29, 0.717) is 5.69 Å². The van der Waals surface area contributed by atoms with Gasteiger partial charge in [-0.05, 0) is 24.6 Å². The molecule has 8 nitrogen and oxygen atoms in total. The lowest BCUT2D eigenvalue weighted by Gasteiger charge is -2.30. The van der Waals surface area contributed by atoms with Gasteiger partial charge in [0.2, 0.25) is 11.8 Å². The van der Waals surface area contributed by atoms with E-state index in [1.54, 1.807) is 30.3 Å². The number of thioether (sulfide) groups is 1. The predicted molar refractivity (Wildman–Crippen MR) is 119 cm³/mol. The molecule has 2 atom stereocenters. The minimum Gasteiger partial charge on any atom is -0.349 e. The number of amides is 4. The smallest absolute Gasteiger partial charge is 0.280 e. The number of rotatable bonds is 6. The number of nitrogens with zero attached hydrogens (tertiary/aromatic N) is 2. The van der Waals surface area contributed by atoms with Crippen LogP contribution in [0.2, 0.25) is 0 Å². The Morgan fingerprint density at radius 3 is 2.29 bits per heavy atom. The molecular weight excluding hydrogens is 416 g/mol. The summed E-state index contributed by atoms with van der Waals surface area (Å²) in [6.45, 7) is 3.09. The zero-order valence-corrected chi connectivity index (χ0v) is 17.9. The van der Waals surface area contributed by atoms with E-state index in [1.165, 1.54) is 11.8 Å². The monoisotopic (exact) mass is 438 g/mol. The molecule has 0 spiro atoms. The summed E-state index contributed by atoms with van der Waals surface area (Å²) in [6.07, 6.45) is 0. The van der Waals surface area contributed by atoms with Crippen molar-refractivity contribution in [3.8, 4) is 0 Å². The number of aliphatic imine (C=N–C) groups is 1. The van der Waals surface area contributed by atoms with Crippen LogP contribution in [0.3, 0.4) is 0 Å². The highest BCUT2D eigenvalue weighted by Crippen LogP contribution is 2.24. The maximum atomic E-state index is 13.0. The van der Waals surface area contributed by atoms with Crippen molar-refractivity contribution in [2.24, 2.45) is 4.99 Å². The van der Waals surface area contributed by atoms with Gasteiger partial charge in [-0.25, -0.2) is 0 Å². The average Bonchev–Trinajstić information content (AvgIpc) is 2.76. The number of benzene rings is 2. The quantitative estimate of drug-likeness (QED) is 0.671. The van der Waals surface area contributed by atoms with Crippen LogP contribution in [0.4, 0.5) is 5.69 Å². The zero-order chi connectivity index (χ0) is 22.4. The van der Waals surface area contributed by atoms with Gasteiger partial charge >= 0.3 is 0 Å². The van der Waals surface area contributed by atoms with Gasteiger partial charge in [-0.2, -0.15) is 4.99 Å². The van der Waals surface area contributed by atoms with Crippen LogP contribution in [0.15, 0.2) is 65.7 Å². The van der Waals surface area contributed by atoms with Crippen molar-refractivity contribution in [2.45, 2.75) is 25.9 Å². The minimum atomic E-state index is -1.39. The van der Waals surface area contributed by atoms with Crippen molar-refractivity contribution >= 4 is 46.2 Å². The lowest BCUT2D eigenvalue weighted by atomic mass is 10.1. The average molecular weight is 439 g/mol. The summed E-state index contributed by atoms with van der Waals surface area (Å²) >= 11 is 0.984. The van der Waals surface area contributed by atoms with Gasteiger partial charge in [-0.15, -0.1) is 0 Å². The van der Waals surface area contributed by atoms with E-state index >= 15 is 0 Å². The highest BCUT2D eigenvalue weighted by atomic mass is 32.2. The molecule has 9 heteroatoms. The number of anilines is 1. The fourth-order valence-electron chi connectivity index (χ4n) is 3.01. The third kappa shape index (κ3) is 5.58. The third-order valence-corrected chi connectivity index (χ3v) is 5.42. The van der Waals surface area contributed by atoms with Crippen LogP contribution in [-0.4, -0.2) is 40.6 Å². The first-order valence-electron chi connectivity index (χ1n) is 9.62. The zero-order valence-electron chi connectivity index (χ0n) is 17.1. The maximum Gasteiger partial charge on any atom is 0.280 e. The Hall–Kier alpha value is -3.46. The standard InChI is InChI=1S/C22H22N4O4S/c1-14(16-9-5-3-6-10-16)23-18(28)13-31-22-25-20(29)19(24-15(2)27)21(30)26(22)17-11-7-4-8-12-17/h3-12,14,19H,13H2,1-2H3,(H,23,28)(H,24,27)/t14-,19+/m0/s1. The molecule has 0 saturated heterocycles. The van der Waals surface area contributed by atoms with Crippen LogP contribution in [0, 0.1) is 0 Å². The second-order valence-corrected chi connectivity index (χ2v) is 7.81. The van der Waals surface area contributed by atoms with Crippen molar-refractivity contribution in [3.63, 3.8) is 0 Å². The minimum absolute atomic E-state index is 0.0370. The number of carbonyl (C=O) groups excluding carboxylic acids is 4. The molecule has 160 valence electrons. The summed E-state index contributed by atoms with van der Waals surface area (Å²) in [4.78, 5) is 54.5. The second kappa shape index (κ2) is 10.0. The van der Waals surface area contributed by atoms with E-state index in [2.05, 4.69) is 15.6 Å². The molecule has 0 bridgehead atoms. The van der Waals surface area contributed by atoms with E-state index in [9.17, 15) is 19.2 Å². The highest BCUT2D eigenvalue weighted by molar-refractivity contribution is 8.14. The normalized spacial score (nSPS) is 17.0. The number of hydrogen-bond acceptors (Lipinski definition) is 5. The first-order chi connectivity index (χ1) is 14.9. The summed E-state index contributed by atoms with van der Waals surface area (Å²) in [5.74, 6) is -2.21. The first-order valence-corrected chi connectivity index (χ1v) is 10.6. The molecule has 0 aliphatic carbocycles. The number of nitrogens with one attached hydrogen (secondary N) is 2. The number of carbonyl (C=O) groups is 4. The van der Waals surface area contributed by atoms with Crippen molar-refractivity contribution in [1.29, 1.82) is 0 Å². The third-order valence-electron chi connectivity index (χ3n) is 4.48. The van der Waals surface area contributed by atoms with Gasteiger partial charge in [0.25, 0.3) is 11.8 Å². The first kappa shape index (κ1) is 22.2. The molecule has 3 rings (SSSR count). The van der Waals surface area contributed by atoms with Crippen molar-refractivity contribution in [2.75, 3.05) is 10.7 Å². The van der Waals surface area contributed by atoms with Crippen LogP contribution in [0.1, 0.15) is 25.5 Å². The molecule has 0 radical (unpaired) electrons. The van der Waals surface area contributed by atoms with Gasteiger partial charge < -0.3 is 10.6 Å². The molecule has 0 unspecified atom stereocenters. The van der Waals surface area contributed by atoms with Crippen LogP contribution in [0.5, 0.6) is 0 Å². The number of para-hydroxylation sites is 1. The molecule has 2 aromatic rings. The summed E-state index contributed by atoms with van der Waals surface area (Å²) in [5, 5.41) is 5.31. The topological polar surface area (TPSA) is 108 Å². The van der Waals surface area contributed by atoms with Gasteiger partial charge in [0.15, 0.2) is 11.2 Å². The number of hydrogen-bond donors (Lipinski definition) is 2. The van der Waals surface area contributed by atoms with Crippen LogP contribution in [-0.2, 0) is 19.2 Å². The van der Waals surface area contributed by atoms with Crippen molar-refractivity contribution in [1.82, 2.24) is 10.6 Å². The molecule has 4 amide bonds. The summed E-state index contributed by atoms with van der Waals surface area (Å²) in [7, 11) is 0. The molecule has 2 N–H and O–H groups in total. The molecule has 0 fully saturated rings. The Morgan fingerprint density at radius 1 is 1.06 bits per heavy atom. The Bertz CT molecular complexity index is 1010. The molecule has 2 aromatic carbocycles. The van der Waals surface area contributed by atoms with Crippen molar-refractivity contribution in [3.05, 3.63) is 66.2 Å². The lowest BCUT2D eigenvalue weighted by molar-refractivity contribution is -0.133. The molecule has 1 aliphatic heterocycles. The molecule has 1 aliphatic rings. The Balaban J connectivity index is 1.75. The van der Waals surface area contributed by atoms with Crippen molar-refractivity contribution < 1.29 is 19.2 Å². The largest absolute Gasteiger partial charge is 0.349 e. The summed E-state index contributed by atoms with van der Waals surface area (Å²) in [5.41, 5.74) is 1.45. The van der Waals surface area contributed by atoms with Gasteiger partial charge in [0, 0.05) is 6.92 Å². The van der Waals surface area contributed by atoms with E-state index in [4.69, 9.17) is 0 Å². The Morgan fingerprint density at radius 2 is 1.68 bits per heavy atom. The van der Waals surface area contributed by atoms with Gasteiger partial charge in [-0.1, -0.05) is 60.3 Å². The fraction of sp³-hybridized carbons (Fsp3) is 0.227. The van der Waals surface area contributed by atoms with Crippen LogP contribution >= 0.6 is 11.8 Å². The van der Waals surface area contributed by atoms with E-state index in [1.807, 2.05) is 37.3 Å². The summed E-state index contributed by atoms with van der Waals surface area (Å²) < 4.78 is 0. The number of amidine groups is 1. The van der Waals surface area contributed by atoms with Gasteiger partial charge in [0.05, 0.1) is 17.5 Å². The van der Waals surface area contributed by atoms with Gasteiger partial charge in [0.1, 0.15) is 0 Å². The predicted octanol–water partition coefficient (Wildman–Crippen LogP) is 2.03. The van der Waals surface area contributed by atoms with Crippen LogP contribution < -0.4 is 15.5 Å². The van der Waals surface area contributed by atoms with E-state index in [-0.39, 0.29) is 22.9 Å². The lowest BCUT2D eigenvalue weighted by Crippen LogP contribution is -2.57. The van der Waals surface area contributed by atoms with E-state index in [0.717, 1.165) is 17.3 Å². The Kier molecular flexibility index (Phi) is 7.19. The summed E-state index contributed by atoms with van der Waals surface area (Å²) in [6, 6.07) is 16.6.